The number of aryl methyl sites for hydroxylation is 2. The van der Waals surface area contributed by atoms with Crippen molar-refractivity contribution in [3.8, 4) is 0 Å². The smallest absolute Gasteiger partial charge is 0.0537 e. The summed E-state index contributed by atoms with van der Waals surface area (Å²) in [4.78, 5) is 2.76. The number of hydrogen-bond donors (Lipinski definition) is 1. The van der Waals surface area contributed by atoms with E-state index in [1.807, 2.05) is 22.2 Å². The third-order valence-corrected chi connectivity index (χ3v) is 3.86. The van der Waals surface area contributed by atoms with Gasteiger partial charge in [-0.25, -0.2) is 0 Å². The molecule has 0 amide bonds. The summed E-state index contributed by atoms with van der Waals surface area (Å²) in [6.45, 7) is 8.28. The number of aromatic nitrogens is 2. The van der Waals surface area contributed by atoms with Gasteiger partial charge in [0.1, 0.15) is 0 Å². The third kappa shape index (κ3) is 3.17. The van der Waals surface area contributed by atoms with Crippen LogP contribution in [0.1, 0.15) is 35.2 Å². The molecule has 0 aliphatic carbocycles. The first-order chi connectivity index (χ1) is 8.19. The van der Waals surface area contributed by atoms with Crippen LogP contribution in [0.25, 0.3) is 0 Å². The summed E-state index contributed by atoms with van der Waals surface area (Å²) in [7, 11) is 0. The summed E-state index contributed by atoms with van der Waals surface area (Å²) < 4.78 is 1.96. The van der Waals surface area contributed by atoms with Crippen molar-refractivity contribution in [2.75, 3.05) is 0 Å². The van der Waals surface area contributed by atoms with E-state index in [4.69, 9.17) is 0 Å². The highest BCUT2D eigenvalue weighted by atomic mass is 32.1. The van der Waals surface area contributed by atoms with E-state index >= 15 is 0 Å². The molecule has 2 aromatic rings. The molecule has 92 valence electrons. The van der Waals surface area contributed by atoms with Crippen LogP contribution in [0.15, 0.2) is 24.5 Å². The zero-order chi connectivity index (χ0) is 12.3. The van der Waals surface area contributed by atoms with Gasteiger partial charge in [0, 0.05) is 40.6 Å². The van der Waals surface area contributed by atoms with Gasteiger partial charge in [-0.2, -0.15) is 5.10 Å². The van der Waals surface area contributed by atoms with Crippen molar-refractivity contribution < 1.29 is 0 Å². The van der Waals surface area contributed by atoms with Crippen molar-refractivity contribution in [2.24, 2.45) is 0 Å². The Kier molecular flexibility index (Phi) is 3.97. The van der Waals surface area contributed by atoms with Crippen molar-refractivity contribution in [3.05, 3.63) is 39.8 Å². The molecule has 0 saturated carbocycles. The van der Waals surface area contributed by atoms with Crippen LogP contribution in [0.2, 0.25) is 0 Å². The van der Waals surface area contributed by atoms with Gasteiger partial charge >= 0.3 is 0 Å². The highest BCUT2D eigenvalue weighted by Gasteiger charge is 2.07. The zero-order valence-electron chi connectivity index (χ0n) is 10.6. The third-order valence-electron chi connectivity index (χ3n) is 2.86. The van der Waals surface area contributed by atoms with Gasteiger partial charge in [-0.15, -0.1) is 11.3 Å². The average molecular weight is 249 g/mol. The molecule has 4 heteroatoms. The Labute approximate surface area is 106 Å². The van der Waals surface area contributed by atoms with Crippen molar-refractivity contribution in [2.45, 2.75) is 39.9 Å². The number of nitrogens with zero attached hydrogens (tertiary/aromatic N) is 2. The van der Waals surface area contributed by atoms with Crippen LogP contribution in [0.5, 0.6) is 0 Å². The Morgan fingerprint density at radius 1 is 1.47 bits per heavy atom. The molecule has 1 atom stereocenters. The van der Waals surface area contributed by atoms with Crippen LogP contribution in [-0.2, 0) is 13.1 Å². The first kappa shape index (κ1) is 12.3. The van der Waals surface area contributed by atoms with E-state index in [2.05, 4.69) is 49.5 Å². The number of nitrogens with one attached hydrogen (secondary N) is 1. The van der Waals surface area contributed by atoms with Crippen LogP contribution < -0.4 is 5.32 Å². The fraction of sp³-hybridized carbons (Fsp3) is 0.462. The fourth-order valence-corrected chi connectivity index (χ4v) is 2.57. The molecule has 1 N–H and O–H groups in total. The molecular formula is C13H19N3S. The van der Waals surface area contributed by atoms with Gasteiger partial charge in [-0.3, -0.25) is 4.68 Å². The molecule has 0 bridgehead atoms. The Hall–Kier alpha value is -1.13. The maximum absolute atomic E-state index is 4.29. The van der Waals surface area contributed by atoms with Crippen molar-refractivity contribution >= 4 is 11.3 Å². The lowest BCUT2D eigenvalue weighted by molar-refractivity contribution is 0.577. The molecule has 2 heterocycles. The molecule has 0 aliphatic heterocycles. The first-order valence-electron chi connectivity index (χ1n) is 6.00. The zero-order valence-corrected chi connectivity index (χ0v) is 11.4. The fourth-order valence-electron chi connectivity index (χ4n) is 1.73. The second-order valence-corrected chi connectivity index (χ2v) is 5.62. The van der Waals surface area contributed by atoms with E-state index in [-0.39, 0.29) is 0 Å². The SMILES string of the molecule is CCn1cc(C(C)NCc2ccc(C)s2)cn1. The molecule has 0 radical (unpaired) electrons. The van der Waals surface area contributed by atoms with Crippen LogP contribution in [0, 0.1) is 6.92 Å². The molecule has 0 saturated heterocycles. The number of rotatable bonds is 5. The quantitative estimate of drug-likeness (QED) is 0.882. The highest BCUT2D eigenvalue weighted by molar-refractivity contribution is 7.11. The summed E-state index contributed by atoms with van der Waals surface area (Å²) in [5, 5.41) is 7.82. The molecule has 2 rings (SSSR count). The van der Waals surface area contributed by atoms with Gasteiger partial charge in [-0.05, 0) is 32.9 Å². The van der Waals surface area contributed by atoms with Gasteiger partial charge in [-0.1, -0.05) is 0 Å². The largest absolute Gasteiger partial charge is 0.305 e. The highest BCUT2D eigenvalue weighted by Crippen LogP contribution is 2.17. The molecule has 3 nitrogen and oxygen atoms in total. The maximum atomic E-state index is 4.29. The van der Waals surface area contributed by atoms with Gasteiger partial charge in [0.15, 0.2) is 0 Å². The van der Waals surface area contributed by atoms with E-state index in [0.717, 1.165) is 13.1 Å². The van der Waals surface area contributed by atoms with Crippen molar-refractivity contribution in [1.29, 1.82) is 0 Å². The van der Waals surface area contributed by atoms with E-state index in [9.17, 15) is 0 Å². The summed E-state index contributed by atoms with van der Waals surface area (Å²) in [5.74, 6) is 0. The second kappa shape index (κ2) is 5.47. The van der Waals surface area contributed by atoms with Crippen molar-refractivity contribution in [3.63, 3.8) is 0 Å². The predicted molar refractivity (Wildman–Crippen MR) is 72.2 cm³/mol. The standard InChI is InChI=1S/C13H19N3S/c1-4-16-9-12(7-15-16)11(3)14-8-13-6-5-10(2)17-13/h5-7,9,11,14H,4,8H2,1-3H3. The Morgan fingerprint density at radius 2 is 2.29 bits per heavy atom. The minimum atomic E-state index is 0.345. The Bertz CT molecular complexity index is 472. The van der Waals surface area contributed by atoms with Gasteiger partial charge in [0.2, 0.25) is 0 Å². The normalized spacial score (nSPS) is 12.9. The second-order valence-electron chi connectivity index (χ2n) is 4.24. The lowest BCUT2D eigenvalue weighted by Crippen LogP contribution is -2.16. The number of hydrogen-bond acceptors (Lipinski definition) is 3. The lowest BCUT2D eigenvalue weighted by atomic mass is 10.2. The van der Waals surface area contributed by atoms with Gasteiger partial charge in [0.05, 0.1) is 6.20 Å². The summed E-state index contributed by atoms with van der Waals surface area (Å²) in [5.41, 5.74) is 1.25. The Morgan fingerprint density at radius 3 is 2.88 bits per heavy atom. The molecule has 0 aliphatic rings. The molecule has 0 aromatic carbocycles. The average Bonchev–Trinajstić information content (AvgIpc) is 2.94. The first-order valence-corrected chi connectivity index (χ1v) is 6.81. The molecule has 1 unspecified atom stereocenters. The molecule has 17 heavy (non-hydrogen) atoms. The topological polar surface area (TPSA) is 29.9 Å². The minimum Gasteiger partial charge on any atom is -0.305 e. The van der Waals surface area contributed by atoms with Crippen LogP contribution in [0.3, 0.4) is 0 Å². The number of thiophene rings is 1. The van der Waals surface area contributed by atoms with Crippen molar-refractivity contribution in [1.82, 2.24) is 15.1 Å². The Balaban J connectivity index is 1.90. The molecule has 0 spiro atoms. The van der Waals surface area contributed by atoms with Crippen LogP contribution in [-0.4, -0.2) is 9.78 Å². The molecule has 0 fully saturated rings. The lowest BCUT2D eigenvalue weighted by Gasteiger charge is -2.10. The van der Waals surface area contributed by atoms with E-state index in [1.54, 1.807) is 0 Å². The van der Waals surface area contributed by atoms with Gasteiger partial charge in [0.25, 0.3) is 0 Å². The molecule has 2 aromatic heterocycles. The summed E-state index contributed by atoms with van der Waals surface area (Å²) in [6.07, 6.45) is 4.05. The van der Waals surface area contributed by atoms with Crippen LogP contribution in [0.4, 0.5) is 0 Å². The van der Waals surface area contributed by atoms with Crippen LogP contribution >= 0.6 is 11.3 Å². The summed E-state index contributed by atoms with van der Waals surface area (Å²) >= 11 is 1.85. The van der Waals surface area contributed by atoms with Gasteiger partial charge < -0.3 is 5.32 Å². The summed E-state index contributed by atoms with van der Waals surface area (Å²) in [6, 6.07) is 4.70. The van der Waals surface area contributed by atoms with E-state index in [1.165, 1.54) is 15.3 Å². The monoisotopic (exact) mass is 249 g/mol. The van der Waals surface area contributed by atoms with E-state index < -0.39 is 0 Å². The predicted octanol–water partition coefficient (Wildman–Crippen LogP) is 3.12. The van der Waals surface area contributed by atoms with E-state index in [0.29, 0.717) is 6.04 Å². The minimum absolute atomic E-state index is 0.345. The molecular weight excluding hydrogens is 230 g/mol. The maximum Gasteiger partial charge on any atom is 0.0537 e.